The summed E-state index contributed by atoms with van der Waals surface area (Å²) in [5.74, 6) is -0.282. The van der Waals surface area contributed by atoms with Crippen molar-refractivity contribution < 1.29 is 14.7 Å². The van der Waals surface area contributed by atoms with Gasteiger partial charge in [0.2, 0.25) is 0 Å². The van der Waals surface area contributed by atoms with Crippen molar-refractivity contribution in [3.05, 3.63) is 35.9 Å². The number of unbranched alkanes of at least 4 members (excludes halogenated alkanes) is 4. The molecule has 1 rings (SSSR count). The second-order valence-electron chi connectivity index (χ2n) is 5.62. The Morgan fingerprint density at radius 2 is 1.96 bits per heavy atom. The summed E-state index contributed by atoms with van der Waals surface area (Å²) in [6.07, 6.45) is 8.07. The van der Waals surface area contributed by atoms with Gasteiger partial charge in [-0.25, -0.2) is 0 Å². The lowest BCUT2D eigenvalue weighted by Gasteiger charge is -2.24. The smallest absolute Gasteiger partial charge is 0.305 e. The second kappa shape index (κ2) is 10.5. The lowest BCUT2D eigenvalue weighted by Crippen LogP contribution is -2.36. The average molecular weight is 318 g/mol. The first kappa shape index (κ1) is 18.9. The SMILES string of the molecule is CCCCCCCC(=O)OCC(C=N)(C=NO)c1ccccc1. The molecule has 1 unspecified atom stereocenters. The van der Waals surface area contributed by atoms with Crippen molar-refractivity contribution in [2.45, 2.75) is 50.9 Å². The van der Waals surface area contributed by atoms with Gasteiger partial charge in [0.05, 0.1) is 6.21 Å². The van der Waals surface area contributed by atoms with E-state index in [9.17, 15) is 4.79 Å². The van der Waals surface area contributed by atoms with Crippen LogP contribution >= 0.6 is 0 Å². The molecule has 0 saturated carbocycles. The Hall–Kier alpha value is -2.17. The molecule has 0 radical (unpaired) electrons. The number of hydrogen-bond donors (Lipinski definition) is 2. The fourth-order valence-electron chi connectivity index (χ4n) is 2.35. The molecule has 0 heterocycles. The lowest BCUT2D eigenvalue weighted by molar-refractivity contribution is -0.144. The zero-order valence-electron chi connectivity index (χ0n) is 13.7. The van der Waals surface area contributed by atoms with Crippen LogP contribution in [0.3, 0.4) is 0 Å². The third kappa shape index (κ3) is 6.22. The van der Waals surface area contributed by atoms with E-state index >= 15 is 0 Å². The minimum atomic E-state index is -1.03. The summed E-state index contributed by atoms with van der Waals surface area (Å²) in [5.41, 5.74) is -0.294. The fourth-order valence-corrected chi connectivity index (χ4v) is 2.35. The van der Waals surface area contributed by atoms with Crippen molar-refractivity contribution in [3.8, 4) is 0 Å². The molecular formula is C18H26N2O3. The van der Waals surface area contributed by atoms with Gasteiger partial charge in [-0.05, 0) is 12.0 Å². The predicted octanol–water partition coefficient (Wildman–Crippen LogP) is 3.94. The van der Waals surface area contributed by atoms with Crippen LogP contribution in [0.2, 0.25) is 0 Å². The van der Waals surface area contributed by atoms with E-state index in [4.69, 9.17) is 15.4 Å². The number of carbonyl (C=O) groups is 1. The number of nitrogens with zero attached hydrogens (tertiary/aromatic N) is 1. The number of oxime groups is 1. The van der Waals surface area contributed by atoms with Crippen molar-refractivity contribution in [1.29, 1.82) is 5.41 Å². The second-order valence-corrected chi connectivity index (χ2v) is 5.62. The monoisotopic (exact) mass is 318 g/mol. The number of esters is 1. The number of carbonyl (C=O) groups excluding carboxylic acids is 1. The van der Waals surface area contributed by atoms with Crippen molar-refractivity contribution in [2.75, 3.05) is 6.61 Å². The number of ether oxygens (including phenoxy) is 1. The van der Waals surface area contributed by atoms with Crippen molar-refractivity contribution >= 4 is 18.4 Å². The molecule has 5 nitrogen and oxygen atoms in total. The zero-order valence-corrected chi connectivity index (χ0v) is 13.7. The summed E-state index contributed by atoms with van der Waals surface area (Å²) in [5, 5.41) is 19.7. The molecule has 0 aliphatic rings. The molecule has 5 heteroatoms. The minimum Gasteiger partial charge on any atom is -0.464 e. The van der Waals surface area contributed by atoms with E-state index in [-0.39, 0.29) is 12.6 Å². The summed E-state index contributed by atoms with van der Waals surface area (Å²) in [4.78, 5) is 11.9. The maximum absolute atomic E-state index is 11.9. The van der Waals surface area contributed by atoms with Gasteiger partial charge in [-0.15, -0.1) is 5.16 Å². The molecule has 1 aromatic carbocycles. The first-order chi connectivity index (χ1) is 11.2. The van der Waals surface area contributed by atoms with Crippen molar-refractivity contribution in [3.63, 3.8) is 0 Å². The van der Waals surface area contributed by atoms with Gasteiger partial charge in [0.1, 0.15) is 12.0 Å². The highest BCUT2D eigenvalue weighted by Crippen LogP contribution is 2.21. The topological polar surface area (TPSA) is 82.7 Å². The van der Waals surface area contributed by atoms with E-state index in [2.05, 4.69) is 12.1 Å². The van der Waals surface area contributed by atoms with Gasteiger partial charge in [0, 0.05) is 12.6 Å². The van der Waals surface area contributed by atoms with Crippen LogP contribution < -0.4 is 0 Å². The van der Waals surface area contributed by atoms with Gasteiger partial charge >= 0.3 is 5.97 Å². The van der Waals surface area contributed by atoms with Crippen LogP contribution in [-0.4, -0.2) is 30.2 Å². The van der Waals surface area contributed by atoms with E-state index in [0.29, 0.717) is 6.42 Å². The normalized spacial score (nSPS) is 13.6. The first-order valence-corrected chi connectivity index (χ1v) is 8.10. The van der Waals surface area contributed by atoms with E-state index in [1.54, 1.807) is 0 Å². The van der Waals surface area contributed by atoms with Crippen LogP contribution in [-0.2, 0) is 14.9 Å². The molecule has 126 valence electrons. The zero-order chi connectivity index (χ0) is 17.0. The lowest BCUT2D eigenvalue weighted by atomic mass is 9.83. The van der Waals surface area contributed by atoms with Crippen LogP contribution in [0.25, 0.3) is 0 Å². The van der Waals surface area contributed by atoms with Gasteiger partial charge in [-0.3, -0.25) is 4.79 Å². The van der Waals surface area contributed by atoms with E-state index < -0.39 is 5.41 Å². The molecule has 0 aromatic heterocycles. The fraction of sp³-hybridized carbons (Fsp3) is 0.500. The molecule has 0 aliphatic heterocycles. The van der Waals surface area contributed by atoms with Crippen LogP contribution in [0, 0.1) is 5.41 Å². The molecule has 1 aromatic rings. The quantitative estimate of drug-likeness (QED) is 0.213. The summed E-state index contributed by atoms with van der Waals surface area (Å²) in [6, 6.07) is 9.13. The number of benzene rings is 1. The van der Waals surface area contributed by atoms with Crippen LogP contribution in [0.1, 0.15) is 51.0 Å². The van der Waals surface area contributed by atoms with Gasteiger partial charge in [-0.2, -0.15) is 0 Å². The van der Waals surface area contributed by atoms with Crippen molar-refractivity contribution in [2.24, 2.45) is 5.16 Å². The standard InChI is InChI=1S/C18H26N2O3/c1-2-3-4-5-9-12-17(21)23-15-18(13-19,14-20-22)16-10-7-6-8-11-16/h6-8,10-11,13-14,19,22H,2-5,9,12,15H2,1H3. The molecule has 0 fully saturated rings. The maximum Gasteiger partial charge on any atom is 0.305 e. The Morgan fingerprint density at radius 3 is 2.57 bits per heavy atom. The summed E-state index contributed by atoms with van der Waals surface area (Å²) >= 11 is 0. The molecule has 2 N–H and O–H groups in total. The summed E-state index contributed by atoms with van der Waals surface area (Å²) in [7, 11) is 0. The average Bonchev–Trinajstić information content (AvgIpc) is 2.59. The highest BCUT2D eigenvalue weighted by Gasteiger charge is 2.30. The van der Waals surface area contributed by atoms with Gasteiger partial charge in [0.15, 0.2) is 0 Å². The number of nitrogens with one attached hydrogen (secondary N) is 1. The van der Waals surface area contributed by atoms with E-state index in [0.717, 1.165) is 31.0 Å². The number of hydrogen-bond acceptors (Lipinski definition) is 5. The van der Waals surface area contributed by atoms with E-state index in [1.807, 2.05) is 30.3 Å². The van der Waals surface area contributed by atoms with Gasteiger partial charge in [0.25, 0.3) is 0 Å². The molecule has 0 bridgehead atoms. The van der Waals surface area contributed by atoms with Gasteiger partial charge in [-0.1, -0.05) is 62.9 Å². The molecule has 1 atom stereocenters. The highest BCUT2D eigenvalue weighted by atomic mass is 16.5. The Bertz CT molecular complexity index is 502. The molecule has 0 spiro atoms. The van der Waals surface area contributed by atoms with E-state index in [1.165, 1.54) is 19.1 Å². The largest absolute Gasteiger partial charge is 0.464 e. The van der Waals surface area contributed by atoms with Gasteiger partial charge < -0.3 is 15.4 Å². The highest BCUT2D eigenvalue weighted by molar-refractivity contribution is 5.95. The third-order valence-electron chi connectivity index (χ3n) is 3.81. The Balaban J connectivity index is 2.59. The molecule has 23 heavy (non-hydrogen) atoms. The Labute approximate surface area is 137 Å². The molecule has 0 saturated heterocycles. The minimum absolute atomic E-state index is 0.0433. The Morgan fingerprint density at radius 1 is 1.26 bits per heavy atom. The summed E-state index contributed by atoms with van der Waals surface area (Å²) < 4.78 is 5.32. The van der Waals surface area contributed by atoms with Crippen LogP contribution in [0.15, 0.2) is 35.5 Å². The third-order valence-corrected chi connectivity index (χ3v) is 3.81. The predicted molar refractivity (Wildman–Crippen MR) is 91.5 cm³/mol. The first-order valence-electron chi connectivity index (χ1n) is 8.10. The molecular weight excluding hydrogens is 292 g/mol. The molecule has 0 amide bonds. The summed E-state index contributed by atoms with van der Waals surface area (Å²) in [6.45, 7) is 2.11. The van der Waals surface area contributed by atoms with Crippen LogP contribution in [0.5, 0.6) is 0 Å². The van der Waals surface area contributed by atoms with Crippen LogP contribution in [0.4, 0.5) is 0 Å². The maximum atomic E-state index is 11.9. The van der Waals surface area contributed by atoms with Crippen molar-refractivity contribution in [1.82, 2.24) is 0 Å². The molecule has 0 aliphatic carbocycles. The Kier molecular flexibility index (Phi) is 8.65. The number of rotatable bonds is 11.